The zero-order chi connectivity index (χ0) is 23.6. The fourth-order valence-corrected chi connectivity index (χ4v) is 2.45. The highest BCUT2D eigenvalue weighted by Gasteiger charge is 2.28. The molecule has 31 heavy (non-hydrogen) atoms. The van der Waals surface area contributed by atoms with Crippen LogP contribution in [0.2, 0.25) is 0 Å². The van der Waals surface area contributed by atoms with Crippen LogP contribution < -0.4 is 16.0 Å². The van der Waals surface area contributed by atoms with Gasteiger partial charge in [0.15, 0.2) is 0 Å². The smallest absolute Gasteiger partial charge is 0.305 e. The Balaban J connectivity index is 4.49. The molecular formula is C18H32N6O7. The molecule has 0 aromatic carbocycles. The van der Waals surface area contributed by atoms with E-state index in [1.165, 1.54) is 6.92 Å². The highest BCUT2D eigenvalue weighted by atomic mass is 16.5. The predicted molar refractivity (Wildman–Crippen MR) is 110 cm³/mol. The van der Waals surface area contributed by atoms with Crippen LogP contribution in [0.4, 0.5) is 0 Å². The molecule has 176 valence electrons. The Bertz CT molecular complexity index is 637. The third-order valence-electron chi connectivity index (χ3n) is 3.73. The van der Waals surface area contributed by atoms with Crippen molar-refractivity contribution < 1.29 is 33.8 Å². The summed E-state index contributed by atoms with van der Waals surface area (Å²) in [4.78, 5) is 49.8. The number of ether oxygens (including phenoxy) is 2. The molecule has 0 aliphatic rings. The minimum Gasteiger partial charge on any atom is -0.481 e. The summed E-state index contributed by atoms with van der Waals surface area (Å²) in [6.45, 7) is 6.31. The standard InChI is InChI=1S/C18H32N6O7/c1-12(2)10-14(22-13(3)25)18(29)23-15(11-16(26)27)17(28)20-4-6-30-8-9-31-7-5-21-24-19/h12,14-15H,4-11H2,1-3H3,(H,20,28)(H,22,25)(H,23,29)(H,26,27)/t14-,15+/m1/s1. The van der Waals surface area contributed by atoms with Crippen LogP contribution in [-0.4, -0.2) is 80.4 Å². The Kier molecular flexibility index (Phi) is 15.3. The Labute approximate surface area is 180 Å². The van der Waals surface area contributed by atoms with E-state index in [0.717, 1.165) is 0 Å². The summed E-state index contributed by atoms with van der Waals surface area (Å²) in [7, 11) is 0. The van der Waals surface area contributed by atoms with E-state index < -0.39 is 42.2 Å². The first kappa shape index (κ1) is 28.1. The Morgan fingerprint density at radius 3 is 2.19 bits per heavy atom. The molecule has 3 amide bonds. The van der Waals surface area contributed by atoms with Gasteiger partial charge in [-0.1, -0.05) is 19.0 Å². The van der Waals surface area contributed by atoms with Crippen LogP contribution in [-0.2, 0) is 28.7 Å². The number of carboxylic acid groups (broad SMARTS) is 1. The zero-order valence-corrected chi connectivity index (χ0v) is 18.1. The first-order valence-corrected chi connectivity index (χ1v) is 9.90. The van der Waals surface area contributed by atoms with Gasteiger partial charge in [0, 0.05) is 24.9 Å². The van der Waals surface area contributed by atoms with Gasteiger partial charge in [-0.05, 0) is 17.9 Å². The molecule has 0 aromatic heterocycles. The van der Waals surface area contributed by atoms with Crippen molar-refractivity contribution in [1.82, 2.24) is 16.0 Å². The first-order valence-electron chi connectivity index (χ1n) is 9.90. The molecule has 0 aliphatic heterocycles. The van der Waals surface area contributed by atoms with Gasteiger partial charge in [0.05, 0.1) is 32.8 Å². The SMILES string of the molecule is CC(=O)N[C@H](CC(C)C)C(=O)N[C@@H](CC(=O)O)C(=O)NCCOCCOCCN=[N+]=[N-]. The second-order valence-electron chi connectivity index (χ2n) is 7.01. The summed E-state index contributed by atoms with van der Waals surface area (Å²) in [5, 5.41) is 19.8. The largest absolute Gasteiger partial charge is 0.481 e. The van der Waals surface area contributed by atoms with Gasteiger partial charge in [-0.2, -0.15) is 0 Å². The van der Waals surface area contributed by atoms with E-state index >= 15 is 0 Å². The molecule has 0 aromatic rings. The van der Waals surface area contributed by atoms with Crippen LogP contribution in [0.1, 0.15) is 33.6 Å². The summed E-state index contributed by atoms with van der Waals surface area (Å²) < 4.78 is 10.4. The molecular weight excluding hydrogens is 412 g/mol. The van der Waals surface area contributed by atoms with Crippen LogP contribution in [0.5, 0.6) is 0 Å². The molecule has 0 saturated carbocycles. The second-order valence-corrected chi connectivity index (χ2v) is 7.01. The first-order chi connectivity index (χ1) is 14.7. The number of hydrogen-bond donors (Lipinski definition) is 4. The molecule has 2 atom stereocenters. The van der Waals surface area contributed by atoms with Crippen molar-refractivity contribution in [2.24, 2.45) is 11.0 Å². The minimum atomic E-state index is -1.29. The average Bonchev–Trinajstić information content (AvgIpc) is 2.67. The van der Waals surface area contributed by atoms with Crippen molar-refractivity contribution in [3.63, 3.8) is 0 Å². The maximum absolute atomic E-state index is 12.5. The minimum absolute atomic E-state index is 0.0922. The number of rotatable bonds is 17. The van der Waals surface area contributed by atoms with E-state index in [9.17, 15) is 19.2 Å². The lowest BCUT2D eigenvalue weighted by atomic mass is 10.0. The number of carbonyl (C=O) groups is 4. The molecule has 13 heteroatoms. The highest BCUT2D eigenvalue weighted by Crippen LogP contribution is 2.06. The lowest BCUT2D eigenvalue weighted by Gasteiger charge is -2.23. The molecule has 0 unspecified atom stereocenters. The maximum atomic E-state index is 12.5. The molecule has 0 rings (SSSR count). The van der Waals surface area contributed by atoms with Gasteiger partial charge in [0.2, 0.25) is 17.7 Å². The van der Waals surface area contributed by atoms with Crippen molar-refractivity contribution in [1.29, 1.82) is 0 Å². The van der Waals surface area contributed by atoms with E-state index in [-0.39, 0.29) is 45.4 Å². The fourth-order valence-electron chi connectivity index (χ4n) is 2.45. The van der Waals surface area contributed by atoms with Crippen molar-refractivity contribution in [3.8, 4) is 0 Å². The topological polar surface area (TPSA) is 192 Å². The number of nitrogens with one attached hydrogen (secondary N) is 3. The summed E-state index contributed by atoms with van der Waals surface area (Å²) in [5.41, 5.74) is 8.11. The summed E-state index contributed by atoms with van der Waals surface area (Å²) >= 11 is 0. The van der Waals surface area contributed by atoms with Crippen molar-refractivity contribution >= 4 is 23.7 Å². The third-order valence-corrected chi connectivity index (χ3v) is 3.73. The number of nitrogens with zero attached hydrogens (tertiary/aromatic N) is 3. The maximum Gasteiger partial charge on any atom is 0.305 e. The van der Waals surface area contributed by atoms with E-state index in [2.05, 4.69) is 26.0 Å². The van der Waals surface area contributed by atoms with Gasteiger partial charge in [-0.25, -0.2) is 0 Å². The summed E-state index contributed by atoms with van der Waals surface area (Å²) in [6.07, 6.45) is -0.266. The quantitative estimate of drug-likeness (QED) is 0.105. The number of azide groups is 1. The molecule has 0 fully saturated rings. The number of carbonyl (C=O) groups excluding carboxylic acids is 3. The molecule has 0 radical (unpaired) electrons. The lowest BCUT2D eigenvalue weighted by molar-refractivity contribution is -0.141. The normalized spacial score (nSPS) is 12.4. The van der Waals surface area contributed by atoms with Gasteiger partial charge >= 0.3 is 5.97 Å². The number of aliphatic carboxylic acids is 1. The van der Waals surface area contributed by atoms with Crippen molar-refractivity contribution in [2.75, 3.05) is 39.5 Å². The molecule has 0 bridgehead atoms. The number of carboxylic acids is 1. The molecule has 13 nitrogen and oxygen atoms in total. The van der Waals surface area contributed by atoms with Gasteiger partial charge in [-0.15, -0.1) is 0 Å². The van der Waals surface area contributed by atoms with Crippen LogP contribution >= 0.6 is 0 Å². The number of amides is 3. The highest BCUT2D eigenvalue weighted by molar-refractivity contribution is 5.93. The summed E-state index contributed by atoms with van der Waals surface area (Å²) in [6, 6.07) is -2.17. The average molecular weight is 444 g/mol. The molecule has 4 N–H and O–H groups in total. The van der Waals surface area contributed by atoms with Crippen LogP contribution in [0.15, 0.2) is 5.11 Å². The van der Waals surface area contributed by atoms with Crippen LogP contribution in [0.25, 0.3) is 10.4 Å². The lowest BCUT2D eigenvalue weighted by Crippen LogP contribution is -2.54. The van der Waals surface area contributed by atoms with Crippen molar-refractivity contribution in [2.45, 2.75) is 45.7 Å². The monoisotopic (exact) mass is 444 g/mol. The molecule has 0 aliphatic carbocycles. The Hall–Kier alpha value is -2.89. The van der Waals surface area contributed by atoms with E-state index in [1.54, 1.807) is 0 Å². The predicted octanol–water partition coefficient (Wildman–Crippen LogP) is -0.0436. The van der Waals surface area contributed by atoms with Crippen molar-refractivity contribution in [3.05, 3.63) is 10.4 Å². The molecule has 0 spiro atoms. The van der Waals surface area contributed by atoms with E-state index in [0.29, 0.717) is 6.42 Å². The van der Waals surface area contributed by atoms with Crippen LogP contribution in [0.3, 0.4) is 0 Å². The van der Waals surface area contributed by atoms with Gasteiger partial charge in [-0.3, -0.25) is 19.2 Å². The van der Waals surface area contributed by atoms with E-state index in [4.69, 9.17) is 20.1 Å². The van der Waals surface area contributed by atoms with Gasteiger partial charge < -0.3 is 30.5 Å². The second kappa shape index (κ2) is 16.9. The summed E-state index contributed by atoms with van der Waals surface area (Å²) in [5.74, 6) is -2.86. The Morgan fingerprint density at radius 1 is 1.00 bits per heavy atom. The zero-order valence-electron chi connectivity index (χ0n) is 18.1. The molecule has 0 heterocycles. The fraction of sp³-hybridized carbons (Fsp3) is 0.778. The van der Waals surface area contributed by atoms with Gasteiger partial charge in [0.1, 0.15) is 12.1 Å². The Morgan fingerprint density at radius 2 is 1.65 bits per heavy atom. The van der Waals surface area contributed by atoms with E-state index in [1.807, 2.05) is 13.8 Å². The van der Waals surface area contributed by atoms with Crippen LogP contribution in [0, 0.1) is 5.92 Å². The van der Waals surface area contributed by atoms with Gasteiger partial charge in [0.25, 0.3) is 0 Å². The number of hydrogen-bond acceptors (Lipinski definition) is 7. The molecule has 0 saturated heterocycles. The third kappa shape index (κ3) is 15.6.